The highest BCUT2D eigenvalue weighted by Crippen LogP contribution is 2.34. The normalized spacial score (nSPS) is 26.6. The first-order valence-corrected chi connectivity index (χ1v) is 7.44. The molecule has 1 saturated heterocycles. The van der Waals surface area contributed by atoms with Crippen molar-refractivity contribution in [2.75, 3.05) is 20.2 Å². The van der Waals surface area contributed by atoms with Crippen molar-refractivity contribution in [3.05, 3.63) is 17.5 Å². The Morgan fingerprint density at radius 1 is 1.42 bits per heavy atom. The lowest BCUT2D eigenvalue weighted by Crippen LogP contribution is -2.49. The fourth-order valence-electron chi connectivity index (χ4n) is 3.65. The lowest BCUT2D eigenvalue weighted by Gasteiger charge is -2.44. The summed E-state index contributed by atoms with van der Waals surface area (Å²) in [5.74, 6) is 0.771. The monoisotopic (exact) mass is 261 g/mol. The molecule has 0 spiro atoms. The number of hydrogen-bond acceptors (Lipinski definition) is 4. The van der Waals surface area contributed by atoms with Gasteiger partial charge in [-0.1, -0.05) is 6.92 Å². The van der Waals surface area contributed by atoms with Crippen molar-refractivity contribution in [2.24, 2.45) is 5.92 Å². The van der Waals surface area contributed by atoms with E-state index in [1.54, 1.807) is 7.11 Å². The zero-order valence-electron chi connectivity index (χ0n) is 11.9. The van der Waals surface area contributed by atoms with Crippen molar-refractivity contribution >= 4 is 0 Å². The van der Waals surface area contributed by atoms with E-state index in [4.69, 9.17) is 4.74 Å². The molecule has 0 aromatic carbocycles. The van der Waals surface area contributed by atoms with Crippen LogP contribution in [-0.4, -0.2) is 41.1 Å². The summed E-state index contributed by atoms with van der Waals surface area (Å²) in [7, 11) is 1.64. The van der Waals surface area contributed by atoms with Crippen molar-refractivity contribution in [1.29, 1.82) is 0 Å². The molecule has 1 aliphatic carbocycles. The highest BCUT2D eigenvalue weighted by Gasteiger charge is 2.35. The van der Waals surface area contributed by atoms with Crippen LogP contribution in [0.2, 0.25) is 0 Å². The Kier molecular flexibility index (Phi) is 3.69. The second kappa shape index (κ2) is 5.45. The predicted molar refractivity (Wildman–Crippen MR) is 74.4 cm³/mol. The van der Waals surface area contributed by atoms with Crippen LogP contribution in [0, 0.1) is 5.92 Å². The maximum absolute atomic E-state index is 5.14. The molecule has 4 nitrogen and oxygen atoms in total. The standard InChI is InChI=1S/C15H23N3O/c1-3-6-18-7-4-5-11-8-13-12(9-14(11)18)10-16-15(17-13)19-2/h10-11,14H,3-9H2,1-2H3/t11-,14-/m0/s1. The number of hydrogen-bond donors (Lipinski definition) is 0. The molecule has 1 aromatic rings. The van der Waals surface area contributed by atoms with Crippen LogP contribution in [0.25, 0.3) is 0 Å². The first-order chi connectivity index (χ1) is 9.31. The van der Waals surface area contributed by atoms with Gasteiger partial charge in [0, 0.05) is 12.2 Å². The van der Waals surface area contributed by atoms with Crippen LogP contribution < -0.4 is 4.74 Å². The molecule has 104 valence electrons. The molecule has 19 heavy (non-hydrogen) atoms. The molecule has 4 heteroatoms. The summed E-state index contributed by atoms with van der Waals surface area (Å²) in [4.78, 5) is 11.5. The van der Waals surface area contributed by atoms with Gasteiger partial charge in [-0.25, -0.2) is 4.98 Å². The topological polar surface area (TPSA) is 38.2 Å². The second-order valence-corrected chi connectivity index (χ2v) is 5.74. The maximum Gasteiger partial charge on any atom is 0.316 e. The fourth-order valence-corrected chi connectivity index (χ4v) is 3.65. The number of rotatable bonds is 3. The lowest BCUT2D eigenvalue weighted by molar-refractivity contribution is 0.0842. The summed E-state index contributed by atoms with van der Waals surface area (Å²) >= 11 is 0. The third-order valence-corrected chi connectivity index (χ3v) is 4.54. The summed E-state index contributed by atoms with van der Waals surface area (Å²) in [5, 5.41) is 0. The van der Waals surface area contributed by atoms with Gasteiger partial charge in [-0.3, -0.25) is 4.90 Å². The molecular formula is C15H23N3O. The minimum atomic E-state index is 0.512. The van der Waals surface area contributed by atoms with E-state index in [1.807, 2.05) is 6.20 Å². The van der Waals surface area contributed by atoms with E-state index in [-0.39, 0.29) is 0 Å². The smallest absolute Gasteiger partial charge is 0.316 e. The SMILES string of the molecule is CCCN1CCC[C@H]2Cc3nc(OC)ncc3C[C@@H]21. The number of ether oxygens (including phenoxy) is 1. The first kappa shape index (κ1) is 12.9. The molecule has 1 aromatic heterocycles. The Bertz CT molecular complexity index is 447. The van der Waals surface area contributed by atoms with Gasteiger partial charge in [-0.05, 0) is 56.7 Å². The van der Waals surface area contributed by atoms with Crippen LogP contribution in [0.15, 0.2) is 6.20 Å². The van der Waals surface area contributed by atoms with Crippen molar-refractivity contribution in [2.45, 2.75) is 45.1 Å². The van der Waals surface area contributed by atoms with E-state index in [2.05, 4.69) is 21.8 Å². The molecule has 0 amide bonds. The van der Waals surface area contributed by atoms with E-state index in [1.165, 1.54) is 43.6 Å². The Morgan fingerprint density at radius 2 is 2.32 bits per heavy atom. The van der Waals surface area contributed by atoms with E-state index in [0.29, 0.717) is 12.1 Å². The van der Waals surface area contributed by atoms with Crippen molar-refractivity contribution in [3.8, 4) is 6.01 Å². The largest absolute Gasteiger partial charge is 0.467 e. The van der Waals surface area contributed by atoms with E-state index in [0.717, 1.165) is 18.8 Å². The molecule has 0 bridgehead atoms. The van der Waals surface area contributed by atoms with Crippen LogP contribution in [-0.2, 0) is 12.8 Å². The summed E-state index contributed by atoms with van der Waals surface area (Å²) in [6.07, 6.45) is 8.10. The van der Waals surface area contributed by atoms with Gasteiger partial charge in [0.05, 0.1) is 12.8 Å². The Balaban J connectivity index is 1.84. The molecular weight excluding hydrogens is 238 g/mol. The molecule has 1 fully saturated rings. The molecule has 2 atom stereocenters. The van der Waals surface area contributed by atoms with Gasteiger partial charge in [0.15, 0.2) is 0 Å². The summed E-state index contributed by atoms with van der Waals surface area (Å²) in [6.45, 7) is 4.77. The molecule has 2 aliphatic rings. The highest BCUT2D eigenvalue weighted by atomic mass is 16.5. The molecule has 2 heterocycles. The molecule has 0 radical (unpaired) electrons. The van der Waals surface area contributed by atoms with Gasteiger partial charge in [-0.15, -0.1) is 0 Å². The summed E-state index contributed by atoms with van der Waals surface area (Å²) < 4.78 is 5.14. The Morgan fingerprint density at radius 3 is 3.11 bits per heavy atom. The summed E-state index contributed by atoms with van der Waals surface area (Å²) in [6, 6.07) is 1.22. The highest BCUT2D eigenvalue weighted by molar-refractivity contribution is 5.25. The van der Waals surface area contributed by atoms with Gasteiger partial charge in [0.1, 0.15) is 0 Å². The minimum absolute atomic E-state index is 0.512. The zero-order valence-corrected chi connectivity index (χ0v) is 11.9. The molecule has 0 unspecified atom stereocenters. The quantitative estimate of drug-likeness (QED) is 0.835. The lowest BCUT2D eigenvalue weighted by atomic mass is 9.77. The molecule has 3 rings (SSSR count). The number of piperidine rings is 1. The average Bonchev–Trinajstić information content (AvgIpc) is 2.45. The van der Waals surface area contributed by atoms with Crippen LogP contribution in [0.1, 0.15) is 37.4 Å². The van der Waals surface area contributed by atoms with Crippen LogP contribution >= 0.6 is 0 Å². The van der Waals surface area contributed by atoms with Crippen molar-refractivity contribution in [1.82, 2.24) is 14.9 Å². The number of methoxy groups -OCH3 is 1. The number of fused-ring (bicyclic) bond motifs is 2. The van der Waals surface area contributed by atoms with E-state index < -0.39 is 0 Å². The van der Waals surface area contributed by atoms with Gasteiger partial charge in [0.2, 0.25) is 0 Å². The van der Waals surface area contributed by atoms with Crippen LogP contribution in [0.3, 0.4) is 0 Å². The zero-order chi connectivity index (χ0) is 13.2. The van der Waals surface area contributed by atoms with Gasteiger partial charge in [-0.2, -0.15) is 4.98 Å². The Hall–Kier alpha value is -1.16. The Labute approximate surface area is 115 Å². The molecule has 1 aliphatic heterocycles. The molecule has 0 N–H and O–H groups in total. The van der Waals surface area contributed by atoms with Gasteiger partial charge < -0.3 is 4.74 Å². The minimum Gasteiger partial charge on any atom is -0.467 e. The van der Waals surface area contributed by atoms with Gasteiger partial charge >= 0.3 is 6.01 Å². The maximum atomic E-state index is 5.14. The average molecular weight is 261 g/mol. The molecule has 0 saturated carbocycles. The number of aromatic nitrogens is 2. The van der Waals surface area contributed by atoms with E-state index in [9.17, 15) is 0 Å². The van der Waals surface area contributed by atoms with Crippen molar-refractivity contribution in [3.63, 3.8) is 0 Å². The van der Waals surface area contributed by atoms with Crippen LogP contribution in [0.4, 0.5) is 0 Å². The van der Waals surface area contributed by atoms with Gasteiger partial charge in [0.25, 0.3) is 0 Å². The number of likely N-dealkylation sites (tertiary alicyclic amines) is 1. The predicted octanol–water partition coefficient (Wildman–Crippen LogP) is 2.07. The first-order valence-electron chi connectivity index (χ1n) is 7.44. The number of nitrogens with zero attached hydrogens (tertiary/aromatic N) is 3. The fraction of sp³-hybridized carbons (Fsp3) is 0.733. The third kappa shape index (κ3) is 2.46. The van der Waals surface area contributed by atoms with E-state index >= 15 is 0 Å². The van der Waals surface area contributed by atoms with Crippen molar-refractivity contribution < 1.29 is 4.74 Å². The summed E-state index contributed by atoms with van der Waals surface area (Å²) in [5.41, 5.74) is 2.54. The second-order valence-electron chi connectivity index (χ2n) is 5.74. The third-order valence-electron chi connectivity index (χ3n) is 4.54. The van der Waals surface area contributed by atoms with Crippen LogP contribution in [0.5, 0.6) is 6.01 Å².